The quantitative estimate of drug-likeness (QED) is 0.203. The summed E-state index contributed by atoms with van der Waals surface area (Å²) < 4.78 is 52.7. The van der Waals surface area contributed by atoms with Crippen molar-refractivity contribution in [3.63, 3.8) is 0 Å². The van der Waals surface area contributed by atoms with E-state index in [0.717, 1.165) is 82.3 Å². The van der Waals surface area contributed by atoms with Crippen molar-refractivity contribution in [3.8, 4) is 11.6 Å². The van der Waals surface area contributed by atoms with E-state index in [9.17, 15) is 27.6 Å². The summed E-state index contributed by atoms with van der Waals surface area (Å²) in [6.07, 6.45) is 10.4. The fraction of sp³-hybridized carbons (Fsp3) is 0.646. The minimum atomic E-state index is -4.02. The molecule has 16 nitrogen and oxygen atoms in total. The number of hydrogen-bond acceptors (Lipinski definition) is 12. The Morgan fingerprint density at radius 3 is 2.57 bits per heavy atom. The molecule has 0 unspecified atom stereocenters. The molecule has 65 heavy (non-hydrogen) atoms. The maximum atomic E-state index is 15.0. The van der Waals surface area contributed by atoms with Crippen LogP contribution in [0.3, 0.4) is 0 Å². The molecule has 2 bridgehead atoms. The Bertz CT molecular complexity index is 2290. The second-order valence-corrected chi connectivity index (χ2v) is 22.3. The number of hydrogen-bond donors (Lipinski definition) is 3. The summed E-state index contributed by atoms with van der Waals surface area (Å²) in [5.74, 6) is -1.43. The minimum Gasteiger partial charge on any atom is -0.492 e. The number of alkyl carbamates (subject to hydrolysis) is 1. The van der Waals surface area contributed by atoms with E-state index in [1.165, 1.54) is 11.0 Å². The van der Waals surface area contributed by atoms with Crippen molar-refractivity contribution >= 4 is 44.7 Å². The van der Waals surface area contributed by atoms with Crippen LogP contribution < -0.4 is 24.8 Å². The van der Waals surface area contributed by atoms with E-state index in [1.54, 1.807) is 6.92 Å². The molecule has 0 spiro atoms. The molecule has 1 aromatic heterocycles. The zero-order valence-corrected chi connectivity index (χ0v) is 39.1. The van der Waals surface area contributed by atoms with Gasteiger partial charge in [0.2, 0.25) is 27.7 Å². The molecule has 354 valence electrons. The summed E-state index contributed by atoms with van der Waals surface area (Å²) in [5, 5.41) is 6.59. The Balaban J connectivity index is 1.13. The molecule has 0 radical (unpaired) electrons. The van der Waals surface area contributed by atoms with Crippen LogP contribution in [0, 0.1) is 17.3 Å². The van der Waals surface area contributed by atoms with Gasteiger partial charge in [-0.25, -0.2) is 18.2 Å². The number of amides is 4. The molecule has 5 fully saturated rings. The maximum Gasteiger partial charge on any atom is 0.408 e. The number of benzene rings is 1. The van der Waals surface area contributed by atoms with Crippen LogP contribution in [0.15, 0.2) is 49.1 Å². The zero-order valence-electron chi connectivity index (χ0n) is 38.3. The fourth-order valence-electron chi connectivity index (χ4n) is 9.80. The number of allylic oxidation sites excluding steroid dienone is 2. The molecule has 2 aromatic rings. The maximum absolute atomic E-state index is 15.0. The van der Waals surface area contributed by atoms with Gasteiger partial charge in [-0.1, -0.05) is 51.1 Å². The predicted molar refractivity (Wildman–Crippen MR) is 244 cm³/mol. The van der Waals surface area contributed by atoms with E-state index in [2.05, 4.69) is 39.0 Å². The van der Waals surface area contributed by atoms with Gasteiger partial charge >= 0.3 is 6.09 Å². The largest absolute Gasteiger partial charge is 0.492 e. The molecule has 1 aromatic carbocycles. The third-order valence-electron chi connectivity index (χ3n) is 14.3. The van der Waals surface area contributed by atoms with Crippen molar-refractivity contribution in [3.05, 3.63) is 54.6 Å². The molecule has 7 atom stereocenters. The Morgan fingerprint density at radius 1 is 1.08 bits per heavy atom. The molecule has 4 amide bonds. The molecule has 3 saturated carbocycles. The first-order valence-corrected chi connectivity index (χ1v) is 25.0. The van der Waals surface area contributed by atoms with E-state index in [4.69, 9.17) is 23.9 Å². The molecule has 4 heterocycles. The lowest BCUT2D eigenvalue weighted by Gasteiger charge is -2.35. The lowest BCUT2D eigenvalue weighted by atomic mass is 9.85. The van der Waals surface area contributed by atoms with Crippen LogP contribution in [0.2, 0.25) is 0 Å². The molecular weight excluding hydrogens is 853 g/mol. The summed E-state index contributed by atoms with van der Waals surface area (Å²) >= 11 is 0. The molecule has 6 aliphatic rings. The van der Waals surface area contributed by atoms with Gasteiger partial charge in [0.25, 0.3) is 5.91 Å². The number of pyridine rings is 1. The van der Waals surface area contributed by atoms with Crippen LogP contribution >= 0.6 is 0 Å². The van der Waals surface area contributed by atoms with Crippen molar-refractivity contribution in [2.24, 2.45) is 17.3 Å². The minimum absolute atomic E-state index is 0.00892. The first-order valence-electron chi connectivity index (χ1n) is 23.5. The molecule has 17 heteroatoms. The SMILES string of the molecule is C=C[C@@H]1C[C@]1(NC(=O)[C@@H]1C[C@@H]2CN1C(=O)[C@H](C(C)(C)C)NC(=O)O[C@@H]1CCC[C@H]1CCC=CCc1c(nc3ccccc3c1OCCCN1CCOCC1)O2)C(=O)NS(=O)(=O)C1(C)CC1. The molecule has 2 saturated heterocycles. The number of ether oxygens (including phenoxy) is 4. The summed E-state index contributed by atoms with van der Waals surface area (Å²) in [6, 6.07) is 5.46. The van der Waals surface area contributed by atoms with Crippen molar-refractivity contribution in [2.75, 3.05) is 46.0 Å². The number of carbonyl (C=O) groups excluding carboxylic acids is 4. The predicted octanol–water partition coefficient (Wildman–Crippen LogP) is 4.95. The highest BCUT2D eigenvalue weighted by molar-refractivity contribution is 7.91. The van der Waals surface area contributed by atoms with E-state index in [0.29, 0.717) is 43.0 Å². The fourth-order valence-corrected chi connectivity index (χ4v) is 11.1. The number of nitrogens with one attached hydrogen (secondary N) is 3. The van der Waals surface area contributed by atoms with E-state index in [1.807, 2.05) is 45.0 Å². The van der Waals surface area contributed by atoms with Gasteiger partial charge in [-0.05, 0) is 94.6 Å². The van der Waals surface area contributed by atoms with Gasteiger partial charge in [-0.2, -0.15) is 0 Å². The highest BCUT2D eigenvalue weighted by Gasteiger charge is 2.63. The molecule has 8 rings (SSSR count). The molecule has 3 aliphatic carbocycles. The van der Waals surface area contributed by atoms with Gasteiger partial charge in [0.15, 0.2) is 0 Å². The Morgan fingerprint density at radius 2 is 1.85 bits per heavy atom. The number of carbonyl (C=O) groups is 4. The van der Waals surface area contributed by atoms with Crippen LogP contribution in [-0.4, -0.2) is 128 Å². The standard InChI is InChI=1S/C48H66N6O10S/c1-6-32-29-48(32,44(57)52-65(59,60)47(5)20-21-47)51-41(55)37-28-33-30-54(37)43(56)40(46(2,3)4)50-45(58)64-38-19-12-15-31(38)14-8-7-9-17-35-39(62-25-13-22-53-23-26-61-27-24-53)34-16-10-11-18-36(34)49-42(35)63-33/h6-7,9-11,16,18,31-33,37-38,40H,1,8,12-15,17,19-30H2,2-5H3,(H,50,58)(H,51,55)(H,52,57)/t31-,32-,33-,37+,38-,40-,48-/m1/s1. The Labute approximate surface area is 382 Å². The zero-order chi connectivity index (χ0) is 46.1. The summed E-state index contributed by atoms with van der Waals surface area (Å²) in [5.41, 5.74) is -1.01. The first kappa shape index (κ1) is 46.8. The summed E-state index contributed by atoms with van der Waals surface area (Å²) in [6.45, 7) is 15.4. The molecule has 3 N–H and O–H groups in total. The van der Waals surface area contributed by atoms with Gasteiger partial charge in [-0.3, -0.25) is 24.0 Å². The summed E-state index contributed by atoms with van der Waals surface area (Å²) in [4.78, 5) is 66.1. The topological polar surface area (TPSA) is 195 Å². The second kappa shape index (κ2) is 18.9. The Kier molecular flexibility index (Phi) is 13.6. The van der Waals surface area contributed by atoms with Gasteiger partial charge in [0.1, 0.15) is 35.6 Å². The number of aromatic nitrogens is 1. The number of para-hydroxylation sites is 1. The van der Waals surface area contributed by atoms with Crippen molar-refractivity contribution in [2.45, 2.75) is 133 Å². The lowest BCUT2D eigenvalue weighted by molar-refractivity contribution is -0.143. The van der Waals surface area contributed by atoms with Crippen molar-refractivity contribution in [1.29, 1.82) is 0 Å². The van der Waals surface area contributed by atoms with Gasteiger partial charge in [0, 0.05) is 37.4 Å². The smallest absolute Gasteiger partial charge is 0.408 e. The van der Waals surface area contributed by atoms with Crippen molar-refractivity contribution in [1.82, 2.24) is 30.1 Å². The summed E-state index contributed by atoms with van der Waals surface area (Å²) in [7, 11) is -4.02. The van der Waals surface area contributed by atoms with Crippen LogP contribution in [0.4, 0.5) is 4.79 Å². The lowest BCUT2D eigenvalue weighted by Crippen LogP contribution is -2.60. The highest BCUT2D eigenvalue weighted by Crippen LogP contribution is 2.47. The van der Waals surface area contributed by atoms with E-state index < -0.39 is 73.6 Å². The number of fused-ring (bicyclic) bond motifs is 5. The second-order valence-electron chi connectivity index (χ2n) is 20.1. The number of rotatable bonds is 11. The third kappa shape index (κ3) is 10.2. The molecule has 3 aliphatic heterocycles. The first-order chi connectivity index (χ1) is 31.0. The monoisotopic (exact) mass is 918 g/mol. The highest BCUT2D eigenvalue weighted by atomic mass is 32.2. The normalized spacial score (nSPS) is 29.5. The van der Waals surface area contributed by atoms with Crippen LogP contribution in [0.5, 0.6) is 11.6 Å². The van der Waals surface area contributed by atoms with E-state index in [-0.39, 0.29) is 31.4 Å². The number of sulfonamides is 1. The van der Waals surface area contributed by atoms with Gasteiger partial charge in [0.05, 0.1) is 42.2 Å². The van der Waals surface area contributed by atoms with Crippen molar-refractivity contribution < 1.29 is 46.5 Å². The van der Waals surface area contributed by atoms with Gasteiger partial charge < -0.3 is 34.5 Å². The van der Waals surface area contributed by atoms with Crippen LogP contribution in [0.1, 0.15) is 97.5 Å². The van der Waals surface area contributed by atoms with Crippen LogP contribution in [-0.2, 0) is 40.3 Å². The van der Waals surface area contributed by atoms with E-state index >= 15 is 0 Å². The average Bonchev–Trinajstić information content (AvgIpc) is 4.09. The number of nitrogens with zero attached hydrogens (tertiary/aromatic N) is 3. The third-order valence-corrected chi connectivity index (χ3v) is 16.5. The van der Waals surface area contributed by atoms with Gasteiger partial charge in [-0.15, -0.1) is 6.58 Å². The Hall–Kier alpha value is -4.74. The average molecular weight is 919 g/mol. The van der Waals surface area contributed by atoms with Crippen LogP contribution in [0.25, 0.3) is 10.9 Å². The number of morpholine rings is 1. The molecular formula is C48H66N6O10S.